The molecule has 23 heavy (non-hydrogen) atoms. The molecule has 2 rings (SSSR count). The summed E-state index contributed by atoms with van der Waals surface area (Å²) in [6, 6.07) is 7.98. The fraction of sp³-hybridized carbons (Fsp3) is 0.444. The van der Waals surface area contributed by atoms with Crippen molar-refractivity contribution in [3.8, 4) is 5.69 Å². The molecule has 1 aromatic heterocycles. The third kappa shape index (κ3) is 3.62. The molecular weight excluding hydrogens is 288 g/mol. The van der Waals surface area contributed by atoms with Gasteiger partial charge in [0.15, 0.2) is 0 Å². The van der Waals surface area contributed by atoms with Crippen LogP contribution in [0.2, 0.25) is 0 Å². The number of hydrogen-bond donors (Lipinski definition) is 2. The number of nitrogens with zero attached hydrogens (tertiary/aromatic N) is 2. The lowest BCUT2D eigenvalue weighted by atomic mass is 9.94. The van der Waals surface area contributed by atoms with Crippen LogP contribution in [-0.4, -0.2) is 27.8 Å². The van der Waals surface area contributed by atoms with Crippen LogP contribution < -0.4 is 11.1 Å². The van der Waals surface area contributed by atoms with Crippen LogP contribution in [0.4, 0.5) is 0 Å². The van der Waals surface area contributed by atoms with Crippen molar-refractivity contribution in [3.05, 3.63) is 47.3 Å². The van der Waals surface area contributed by atoms with Crippen molar-refractivity contribution in [2.75, 3.05) is 6.54 Å². The molecule has 0 aliphatic heterocycles. The molecule has 1 amide bonds. The van der Waals surface area contributed by atoms with E-state index in [0.29, 0.717) is 12.1 Å². The molecule has 3 N–H and O–H groups in total. The minimum absolute atomic E-state index is 0.126. The Hall–Kier alpha value is -2.14. The van der Waals surface area contributed by atoms with E-state index in [1.165, 1.54) is 0 Å². The number of rotatable bonds is 6. The summed E-state index contributed by atoms with van der Waals surface area (Å²) in [6.07, 6.45) is 3.27. The van der Waals surface area contributed by atoms with Gasteiger partial charge in [-0.3, -0.25) is 4.79 Å². The van der Waals surface area contributed by atoms with Crippen LogP contribution in [0.5, 0.6) is 0 Å². The highest BCUT2D eigenvalue weighted by Gasteiger charge is 2.22. The van der Waals surface area contributed by atoms with Gasteiger partial charge in [0.05, 0.1) is 23.1 Å². The summed E-state index contributed by atoms with van der Waals surface area (Å²) >= 11 is 0. The van der Waals surface area contributed by atoms with Crippen LogP contribution in [-0.2, 0) is 0 Å². The normalized spacial score (nSPS) is 11.5. The van der Waals surface area contributed by atoms with Gasteiger partial charge in [-0.25, -0.2) is 4.68 Å². The largest absolute Gasteiger partial charge is 0.350 e. The molecule has 1 heterocycles. The van der Waals surface area contributed by atoms with Gasteiger partial charge in [0.25, 0.3) is 5.91 Å². The molecular formula is C18H26N4O. The Morgan fingerprint density at radius 2 is 1.91 bits per heavy atom. The van der Waals surface area contributed by atoms with Gasteiger partial charge in [0.1, 0.15) is 0 Å². The van der Waals surface area contributed by atoms with Gasteiger partial charge in [0, 0.05) is 12.1 Å². The first kappa shape index (κ1) is 17.2. The summed E-state index contributed by atoms with van der Waals surface area (Å²) in [5.41, 5.74) is 9.40. The zero-order chi connectivity index (χ0) is 17.0. The first-order chi connectivity index (χ1) is 10.9. The van der Waals surface area contributed by atoms with E-state index in [0.717, 1.165) is 29.8 Å². The highest BCUT2D eigenvalue weighted by molar-refractivity contribution is 5.95. The Labute approximate surface area is 137 Å². The van der Waals surface area contributed by atoms with Gasteiger partial charge in [-0.15, -0.1) is 0 Å². The fourth-order valence-electron chi connectivity index (χ4n) is 2.53. The second-order valence-corrected chi connectivity index (χ2v) is 6.09. The SMILES string of the molecule is CCC(N)(CC)CNC(=O)c1cnn(-c2ccccc2C)c1C. The van der Waals surface area contributed by atoms with Gasteiger partial charge in [-0.05, 0) is 38.3 Å². The predicted molar refractivity (Wildman–Crippen MR) is 92.9 cm³/mol. The third-order valence-electron chi connectivity index (χ3n) is 4.61. The van der Waals surface area contributed by atoms with Crippen molar-refractivity contribution in [1.82, 2.24) is 15.1 Å². The summed E-state index contributed by atoms with van der Waals surface area (Å²) < 4.78 is 1.81. The summed E-state index contributed by atoms with van der Waals surface area (Å²) in [7, 11) is 0. The Morgan fingerprint density at radius 1 is 1.26 bits per heavy atom. The highest BCUT2D eigenvalue weighted by Crippen LogP contribution is 2.18. The quantitative estimate of drug-likeness (QED) is 0.861. The lowest BCUT2D eigenvalue weighted by molar-refractivity contribution is 0.0941. The van der Waals surface area contributed by atoms with Gasteiger partial charge in [-0.1, -0.05) is 32.0 Å². The topological polar surface area (TPSA) is 72.9 Å². The Kier molecular flexibility index (Phi) is 5.21. The highest BCUT2D eigenvalue weighted by atomic mass is 16.1. The van der Waals surface area contributed by atoms with Crippen molar-refractivity contribution < 1.29 is 4.79 Å². The van der Waals surface area contributed by atoms with E-state index in [1.807, 2.05) is 52.0 Å². The molecule has 0 fully saturated rings. The van der Waals surface area contributed by atoms with Gasteiger partial charge in [-0.2, -0.15) is 5.10 Å². The number of hydrogen-bond acceptors (Lipinski definition) is 3. The first-order valence-corrected chi connectivity index (χ1v) is 8.09. The summed E-state index contributed by atoms with van der Waals surface area (Å²) in [5, 5.41) is 7.32. The van der Waals surface area contributed by atoms with E-state index in [1.54, 1.807) is 10.9 Å². The zero-order valence-electron chi connectivity index (χ0n) is 14.4. The number of nitrogens with two attached hydrogens (primary N) is 1. The molecule has 0 unspecified atom stereocenters. The minimum Gasteiger partial charge on any atom is -0.350 e. The second kappa shape index (κ2) is 6.96. The maximum Gasteiger partial charge on any atom is 0.254 e. The van der Waals surface area contributed by atoms with Gasteiger partial charge >= 0.3 is 0 Å². The summed E-state index contributed by atoms with van der Waals surface area (Å²) in [4.78, 5) is 12.5. The number of carbonyl (C=O) groups excluding carboxylic acids is 1. The van der Waals surface area contributed by atoms with Gasteiger partial charge in [0.2, 0.25) is 0 Å². The first-order valence-electron chi connectivity index (χ1n) is 8.09. The average molecular weight is 314 g/mol. The number of carbonyl (C=O) groups is 1. The summed E-state index contributed by atoms with van der Waals surface area (Å²) in [5.74, 6) is -0.126. The zero-order valence-corrected chi connectivity index (χ0v) is 14.4. The maximum atomic E-state index is 12.5. The fourth-order valence-corrected chi connectivity index (χ4v) is 2.53. The second-order valence-electron chi connectivity index (χ2n) is 6.09. The molecule has 0 atom stereocenters. The van der Waals surface area contributed by atoms with E-state index in [-0.39, 0.29) is 11.4 Å². The molecule has 0 bridgehead atoms. The Balaban J connectivity index is 2.19. The van der Waals surface area contributed by atoms with Crippen LogP contribution in [0.3, 0.4) is 0 Å². The number of nitrogens with one attached hydrogen (secondary N) is 1. The number of aromatic nitrogens is 2. The summed E-state index contributed by atoms with van der Waals surface area (Å²) in [6.45, 7) is 8.48. The van der Waals surface area contributed by atoms with E-state index in [2.05, 4.69) is 10.4 Å². The van der Waals surface area contributed by atoms with Crippen LogP contribution in [0, 0.1) is 13.8 Å². The Morgan fingerprint density at radius 3 is 2.52 bits per heavy atom. The smallest absolute Gasteiger partial charge is 0.254 e. The van der Waals surface area contributed by atoms with E-state index < -0.39 is 0 Å². The van der Waals surface area contributed by atoms with Gasteiger partial charge < -0.3 is 11.1 Å². The van der Waals surface area contributed by atoms with Crippen molar-refractivity contribution in [3.63, 3.8) is 0 Å². The van der Waals surface area contributed by atoms with Crippen LogP contribution in [0.15, 0.2) is 30.5 Å². The van der Waals surface area contributed by atoms with Crippen molar-refractivity contribution in [2.45, 2.75) is 46.1 Å². The lowest BCUT2D eigenvalue weighted by Gasteiger charge is -2.26. The molecule has 0 aliphatic rings. The molecule has 2 aromatic rings. The molecule has 5 heteroatoms. The van der Waals surface area contributed by atoms with E-state index in [4.69, 9.17) is 5.73 Å². The molecule has 0 radical (unpaired) electrons. The van der Waals surface area contributed by atoms with Crippen LogP contribution in [0.1, 0.15) is 48.3 Å². The average Bonchev–Trinajstić information content (AvgIpc) is 2.94. The molecule has 124 valence electrons. The number of amides is 1. The van der Waals surface area contributed by atoms with Crippen LogP contribution >= 0.6 is 0 Å². The van der Waals surface area contributed by atoms with Crippen molar-refractivity contribution in [2.24, 2.45) is 5.73 Å². The van der Waals surface area contributed by atoms with E-state index >= 15 is 0 Å². The maximum absolute atomic E-state index is 12.5. The molecule has 0 aliphatic carbocycles. The molecule has 5 nitrogen and oxygen atoms in total. The standard InChI is InChI=1S/C18H26N4O/c1-5-18(19,6-2)12-20-17(23)15-11-21-22(14(15)4)16-10-8-7-9-13(16)3/h7-11H,5-6,12,19H2,1-4H3,(H,20,23). The number of benzene rings is 1. The lowest BCUT2D eigenvalue weighted by Crippen LogP contribution is -2.49. The van der Waals surface area contributed by atoms with Crippen molar-refractivity contribution >= 4 is 5.91 Å². The molecule has 0 saturated carbocycles. The minimum atomic E-state index is -0.352. The molecule has 0 saturated heterocycles. The molecule has 0 spiro atoms. The monoisotopic (exact) mass is 314 g/mol. The third-order valence-corrected chi connectivity index (χ3v) is 4.61. The molecule has 1 aromatic carbocycles. The van der Waals surface area contributed by atoms with Crippen LogP contribution in [0.25, 0.3) is 5.69 Å². The predicted octanol–water partition coefficient (Wildman–Crippen LogP) is 2.74. The Bertz CT molecular complexity index is 686. The number of para-hydroxylation sites is 1. The van der Waals surface area contributed by atoms with E-state index in [9.17, 15) is 4.79 Å². The number of aryl methyl sites for hydroxylation is 1. The van der Waals surface area contributed by atoms with Crippen molar-refractivity contribution in [1.29, 1.82) is 0 Å².